The maximum Gasteiger partial charge on any atom is 0.261 e. The van der Waals surface area contributed by atoms with Crippen molar-refractivity contribution < 1.29 is 14.4 Å². The van der Waals surface area contributed by atoms with Crippen LogP contribution in [-0.4, -0.2) is 40.5 Å². The third-order valence-electron chi connectivity index (χ3n) is 4.91. The third kappa shape index (κ3) is 3.27. The van der Waals surface area contributed by atoms with Gasteiger partial charge in [0.15, 0.2) is 5.82 Å². The second-order valence-electron chi connectivity index (χ2n) is 6.52. The van der Waals surface area contributed by atoms with Crippen LogP contribution >= 0.6 is 12.4 Å². The summed E-state index contributed by atoms with van der Waals surface area (Å²) < 4.78 is 11.4. The first-order valence-electron chi connectivity index (χ1n) is 8.16. The molecular weight excluding hydrogens is 330 g/mol. The van der Waals surface area contributed by atoms with Crippen molar-refractivity contribution in [1.82, 2.24) is 15.5 Å². The molecule has 7 heteroatoms. The fourth-order valence-electron chi connectivity index (χ4n) is 3.70. The Morgan fingerprint density at radius 1 is 1.21 bits per heavy atom. The number of hydrogen-bond acceptors (Lipinski definition) is 6. The highest BCUT2D eigenvalue weighted by atomic mass is 35.5. The van der Waals surface area contributed by atoms with Gasteiger partial charge in [-0.15, -0.1) is 12.4 Å². The molecule has 0 spiro atoms. The number of nitrogens with one attached hydrogen (secondary N) is 1. The van der Waals surface area contributed by atoms with Gasteiger partial charge in [-0.2, -0.15) is 4.98 Å². The van der Waals surface area contributed by atoms with Crippen LogP contribution in [0.2, 0.25) is 0 Å². The standard InChI is InChI=1S/C17H21N3O3.ClH/c1-10-19-17(23-20-10)13-4-2-3-5-15(13)22-16-7-12-9-18-8-11(12)6-14(16)21;/h2-5,11-12,14,16,18,21H,6-9H2,1H3;1H/t11-,12+,14+,16+;/m0./s1. The monoisotopic (exact) mass is 351 g/mol. The van der Waals surface area contributed by atoms with Crippen LogP contribution in [0.4, 0.5) is 0 Å². The van der Waals surface area contributed by atoms with Crippen LogP contribution in [0.3, 0.4) is 0 Å². The van der Waals surface area contributed by atoms with Crippen LogP contribution < -0.4 is 10.1 Å². The van der Waals surface area contributed by atoms with E-state index >= 15 is 0 Å². The van der Waals surface area contributed by atoms with Gasteiger partial charge in [-0.25, -0.2) is 0 Å². The highest BCUT2D eigenvalue weighted by Crippen LogP contribution is 2.37. The summed E-state index contributed by atoms with van der Waals surface area (Å²) in [6.45, 7) is 3.81. The molecule has 1 aliphatic heterocycles. The molecule has 2 fully saturated rings. The third-order valence-corrected chi connectivity index (χ3v) is 4.91. The Bertz CT molecular complexity index is 693. The lowest BCUT2D eigenvalue weighted by Crippen LogP contribution is -2.42. The first-order chi connectivity index (χ1) is 11.2. The summed E-state index contributed by atoms with van der Waals surface area (Å²) in [6, 6.07) is 7.62. The van der Waals surface area contributed by atoms with Gasteiger partial charge in [-0.3, -0.25) is 0 Å². The van der Waals surface area contributed by atoms with Crippen molar-refractivity contribution in [1.29, 1.82) is 0 Å². The van der Waals surface area contributed by atoms with Crippen LogP contribution in [0.15, 0.2) is 28.8 Å². The molecule has 0 unspecified atom stereocenters. The summed E-state index contributed by atoms with van der Waals surface area (Å²) in [7, 11) is 0. The van der Waals surface area contributed by atoms with Gasteiger partial charge in [-0.05, 0) is 56.8 Å². The van der Waals surface area contributed by atoms with Gasteiger partial charge in [-0.1, -0.05) is 17.3 Å². The van der Waals surface area contributed by atoms with Crippen LogP contribution in [0.1, 0.15) is 18.7 Å². The van der Waals surface area contributed by atoms with Crippen molar-refractivity contribution in [3.8, 4) is 17.2 Å². The summed E-state index contributed by atoms with van der Waals surface area (Å²) in [6.07, 6.45) is 1.04. The Kier molecular flexibility index (Phi) is 5.08. The number of hydrogen-bond donors (Lipinski definition) is 2. The van der Waals surface area contributed by atoms with Gasteiger partial charge in [0, 0.05) is 0 Å². The Morgan fingerprint density at radius 2 is 1.96 bits per heavy atom. The lowest BCUT2D eigenvalue weighted by atomic mass is 9.78. The quantitative estimate of drug-likeness (QED) is 0.882. The molecule has 24 heavy (non-hydrogen) atoms. The van der Waals surface area contributed by atoms with Gasteiger partial charge in [0.05, 0.1) is 11.7 Å². The van der Waals surface area contributed by atoms with Crippen LogP contribution in [0.25, 0.3) is 11.5 Å². The van der Waals surface area contributed by atoms with E-state index in [1.807, 2.05) is 24.3 Å². The summed E-state index contributed by atoms with van der Waals surface area (Å²) in [5.74, 6) is 2.88. The number of benzene rings is 1. The molecule has 0 bridgehead atoms. The molecule has 4 rings (SSSR count). The van der Waals surface area contributed by atoms with Crippen molar-refractivity contribution in [2.45, 2.75) is 32.0 Å². The van der Waals surface area contributed by atoms with Gasteiger partial charge >= 0.3 is 0 Å². The van der Waals surface area contributed by atoms with E-state index < -0.39 is 6.10 Å². The molecule has 2 heterocycles. The van der Waals surface area contributed by atoms with Crippen LogP contribution in [-0.2, 0) is 0 Å². The van der Waals surface area contributed by atoms with Crippen molar-refractivity contribution in [2.75, 3.05) is 13.1 Å². The molecule has 4 atom stereocenters. The normalized spacial score (nSPS) is 28.9. The largest absolute Gasteiger partial charge is 0.487 e. The van der Waals surface area contributed by atoms with Gasteiger partial charge in [0.2, 0.25) is 0 Å². The second-order valence-corrected chi connectivity index (χ2v) is 6.52. The number of aliphatic hydroxyl groups is 1. The first-order valence-corrected chi connectivity index (χ1v) is 8.16. The Labute approximate surface area is 147 Å². The average Bonchev–Trinajstić information content (AvgIpc) is 3.17. The zero-order chi connectivity index (χ0) is 15.8. The lowest BCUT2D eigenvalue weighted by Gasteiger charge is -2.35. The van der Waals surface area contributed by atoms with Crippen molar-refractivity contribution >= 4 is 12.4 Å². The molecule has 0 radical (unpaired) electrons. The zero-order valence-corrected chi connectivity index (χ0v) is 14.3. The van der Waals surface area contributed by atoms with Crippen LogP contribution in [0.5, 0.6) is 5.75 Å². The second kappa shape index (κ2) is 7.09. The van der Waals surface area contributed by atoms with Crippen molar-refractivity contribution in [3.05, 3.63) is 30.1 Å². The lowest BCUT2D eigenvalue weighted by molar-refractivity contribution is -0.0229. The molecule has 1 saturated carbocycles. The minimum atomic E-state index is -0.436. The molecule has 1 aliphatic carbocycles. The first kappa shape index (κ1) is 17.2. The number of ether oxygens (including phenoxy) is 1. The van der Waals surface area contributed by atoms with E-state index in [9.17, 15) is 5.11 Å². The molecular formula is C17H22ClN3O3. The van der Waals surface area contributed by atoms with Crippen molar-refractivity contribution in [3.63, 3.8) is 0 Å². The predicted octanol–water partition coefficient (Wildman–Crippen LogP) is 2.20. The fraction of sp³-hybridized carbons (Fsp3) is 0.529. The Hall–Kier alpha value is -1.63. The minimum Gasteiger partial charge on any atom is -0.487 e. The SMILES string of the molecule is Cc1noc(-c2ccccc2O[C@@H]2C[C@@H]3CNC[C@@H]3C[C@H]2O)n1.Cl. The van der Waals surface area contributed by atoms with Crippen LogP contribution in [0, 0.1) is 18.8 Å². The summed E-state index contributed by atoms with van der Waals surface area (Å²) >= 11 is 0. The van der Waals surface area contributed by atoms with E-state index in [0.29, 0.717) is 29.3 Å². The fourth-order valence-corrected chi connectivity index (χ4v) is 3.70. The molecule has 2 aromatic rings. The maximum absolute atomic E-state index is 10.4. The summed E-state index contributed by atoms with van der Waals surface area (Å²) in [5.41, 5.74) is 0.770. The summed E-state index contributed by atoms with van der Waals surface area (Å²) in [5, 5.41) is 17.7. The van der Waals surface area contributed by atoms with Crippen molar-refractivity contribution in [2.24, 2.45) is 11.8 Å². The zero-order valence-electron chi connectivity index (χ0n) is 13.5. The molecule has 1 aromatic carbocycles. The van der Waals surface area contributed by atoms with Gasteiger partial charge < -0.3 is 19.7 Å². The van der Waals surface area contributed by atoms with Gasteiger partial charge in [0.1, 0.15) is 11.9 Å². The molecule has 1 aromatic heterocycles. The molecule has 6 nitrogen and oxygen atoms in total. The number of para-hydroxylation sites is 1. The molecule has 1 saturated heterocycles. The number of aryl methyl sites for hydroxylation is 1. The topological polar surface area (TPSA) is 80.4 Å². The average molecular weight is 352 g/mol. The molecule has 130 valence electrons. The molecule has 0 amide bonds. The van der Waals surface area contributed by atoms with E-state index in [1.165, 1.54) is 0 Å². The Balaban J connectivity index is 0.00000169. The summed E-state index contributed by atoms with van der Waals surface area (Å²) in [4.78, 5) is 4.28. The van der Waals surface area contributed by atoms with E-state index in [4.69, 9.17) is 9.26 Å². The highest BCUT2D eigenvalue weighted by molar-refractivity contribution is 5.85. The smallest absolute Gasteiger partial charge is 0.261 e. The molecule has 2 aliphatic rings. The van der Waals surface area contributed by atoms with Gasteiger partial charge in [0.25, 0.3) is 5.89 Å². The Morgan fingerprint density at radius 3 is 2.71 bits per heavy atom. The number of aliphatic hydroxyl groups excluding tert-OH is 1. The predicted molar refractivity (Wildman–Crippen MR) is 91.2 cm³/mol. The maximum atomic E-state index is 10.4. The molecule has 2 N–H and O–H groups in total. The van der Waals surface area contributed by atoms with E-state index in [0.717, 1.165) is 31.5 Å². The number of fused-ring (bicyclic) bond motifs is 1. The number of halogens is 1. The highest BCUT2D eigenvalue weighted by Gasteiger charge is 2.40. The number of nitrogens with zero attached hydrogens (tertiary/aromatic N) is 2. The number of aromatic nitrogens is 2. The minimum absolute atomic E-state index is 0. The number of rotatable bonds is 3. The van der Waals surface area contributed by atoms with E-state index in [-0.39, 0.29) is 18.5 Å². The van der Waals surface area contributed by atoms with E-state index in [2.05, 4.69) is 15.5 Å². The van der Waals surface area contributed by atoms with E-state index in [1.54, 1.807) is 6.92 Å².